The molecule has 0 aromatic rings. The summed E-state index contributed by atoms with van der Waals surface area (Å²) in [5.74, 6) is -0.603. The van der Waals surface area contributed by atoms with Crippen LogP contribution in [0.25, 0.3) is 0 Å². The van der Waals surface area contributed by atoms with Crippen molar-refractivity contribution in [1.82, 2.24) is 0 Å². The second kappa shape index (κ2) is 6.66. The molecule has 4 nitrogen and oxygen atoms in total. The van der Waals surface area contributed by atoms with Crippen molar-refractivity contribution in [1.29, 1.82) is 0 Å². The van der Waals surface area contributed by atoms with Gasteiger partial charge in [-0.25, -0.2) is 0 Å². The highest BCUT2D eigenvalue weighted by Crippen LogP contribution is 2.28. The van der Waals surface area contributed by atoms with Gasteiger partial charge in [-0.2, -0.15) is 0 Å². The highest BCUT2D eigenvalue weighted by molar-refractivity contribution is 5.66. The zero-order chi connectivity index (χ0) is 12.0. The number of aliphatic carboxylic acids is 1. The summed E-state index contributed by atoms with van der Waals surface area (Å²) in [5, 5.41) is 27.3. The van der Waals surface area contributed by atoms with Gasteiger partial charge in [0.2, 0.25) is 0 Å². The average Bonchev–Trinajstić information content (AvgIpc) is 2.50. The molecule has 0 aromatic heterocycles. The van der Waals surface area contributed by atoms with Gasteiger partial charge in [-0.15, -0.1) is 0 Å². The fourth-order valence-electron chi connectivity index (χ4n) is 2.09. The minimum absolute atomic E-state index is 0.158. The maximum Gasteiger partial charge on any atom is 0.303 e. The largest absolute Gasteiger partial charge is 0.481 e. The fraction of sp³-hybridized carbons (Fsp3) is 0.750. The molecule has 4 heteroatoms. The molecule has 1 saturated carbocycles. The predicted octanol–water partition coefficient (Wildman–Crippen LogP) is 1.32. The molecule has 0 heterocycles. The van der Waals surface area contributed by atoms with Crippen molar-refractivity contribution in [2.24, 2.45) is 5.92 Å². The summed E-state index contributed by atoms with van der Waals surface area (Å²) in [4.78, 5) is 10.2. The fourth-order valence-corrected chi connectivity index (χ4v) is 2.09. The molecule has 1 aliphatic carbocycles. The summed E-state index contributed by atoms with van der Waals surface area (Å²) in [7, 11) is 0. The number of aliphatic hydroxyl groups is 2. The van der Waals surface area contributed by atoms with Gasteiger partial charge in [0, 0.05) is 6.42 Å². The first-order valence-corrected chi connectivity index (χ1v) is 5.82. The molecule has 1 aliphatic rings. The number of allylic oxidation sites excluding steroid dienone is 2. The number of carbonyl (C=O) groups is 1. The molecule has 0 radical (unpaired) electrons. The Morgan fingerprint density at radius 3 is 2.56 bits per heavy atom. The van der Waals surface area contributed by atoms with Crippen LogP contribution in [0.3, 0.4) is 0 Å². The highest BCUT2D eigenvalue weighted by Gasteiger charge is 2.30. The molecule has 3 N–H and O–H groups in total. The van der Waals surface area contributed by atoms with Crippen molar-refractivity contribution in [2.75, 3.05) is 0 Å². The Labute approximate surface area is 95.6 Å². The molecular weight excluding hydrogens is 208 g/mol. The first-order valence-electron chi connectivity index (χ1n) is 5.82. The lowest BCUT2D eigenvalue weighted by atomic mass is 10.0. The van der Waals surface area contributed by atoms with E-state index in [0.29, 0.717) is 19.3 Å². The van der Waals surface area contributed by atoms with Gasteiger partial charge in [0.1, 0.15) is 0 Å². The molecule has 0 spiro atoms. The van der Waals surface area contributed by atoms with Gasteiger partial charge in [0.15, 0.2) is 0 Å². The summed E-state index contributed by atoms with van der Waals surface area (Å²) in [6.45, 7) is 0. The van der Waals surface area contributed by atoms with E-state index in [0.717, 1.165) is 12.8 Å². The van der Waals surface area contributed by atoms with Crippen LogP contribution in [-0.2, 0) is 4.79 Å². The first kappa shape index (κ1) is 13.2. The van der Waals surface area contributed by atoms with Crippen molar-refractivity contribution < 1.29 is 20.1 Å². The zero-order valence-electron chi connectivity index (χ0n) is 9.38. The molecule has 16 heavy (non-hydrogen) atoms. The molecule has 0 bridgehead atoms. The van der Waals surface area contributed by atoms with Crippen LogP contribution in [0.5, 0.6) is 0 Å². The van der Waals surface area contributed by atoms with Crippen molar-refractivity contribution in [2.45, 2.75) is 50.7 Å². The van der Waals surface area contributed by atoms with Crippen LogP contribution in [0.1, 0.15) is 38.5 Å². The first-order chi connectivity index (χ1) is 7.59. The number of carboxylic acids is 1. The zero-order valence-corrected chi connectivity index (χ0v) is 9.38. The van der Waals surface area contributed by atoms with E-state index >= 15 is 0 Å². The molecule has 0 aromatic carbocycles. The third kappa shape index (κ3) is 4.77. The average molecular weight is 228 g/mol. The van der Waals surface area contributed by atoms with Crippen molar-refractivity contribution in [3.63, 3.8) is 0 Å². The van der Waals surface area contributed by atoms with E-state index in [1.165, 1.54) is 0 Å². The van der Waals surface area contributed by atoms with Gasteiger partial charge in [-0.1, -0.05) is 12.2 Å². The topological polar surface area (TPSA) is 77.8 Å². The van der Waals surface area contributed by atoms with Gasteiger partial charge in [-0.05, 0) is 38.0 Å². The Bertz CT molecular complexity index is 249. The maximum atomic E-state index is 10.2. The Kier molecular flexibility index (Phi) is 5.49. The predicted molar refractivity (Wildman–Crippen MR) is 60.0 cm³/mol. The third-order valence-corrected chi connectivity index (χ3v) is 3.00. The summed E-state index contributed by atoms with van der Waals surface area (Å²) in [5.41, 5.74) is 0. The monoisotopic (exact) mass is 228 g/mol. The SMILES string of the molecule is O=C(O)CCCC=CC[C@@H]1C[C@H](O)C[C@@H]1O. The van der Waals surface area contributed by atoms with Crippen LogP contribution in [0.2, 0.25) is 0 Å². The molecule has 0 saturated heterocycles. The maximum absolute atomic E-state index is 10.2. The van der Waals surface area contributed by atoms with E-state index in [2.05, 4.69) is 0 Å². The van der Waals surface area contributed by atoms with Crippen LogP contribution >= 0.6 is 0 Å². The summed E-state index contributed by atoms with van der Waals surface area (Å²) < 4.78 is 0. The van der Waals surface area contributed by atoms with Crippen LogP contribution < -0.4 is 0 Å². The molecular formula is C12H20O4. The molecule has 92 valence electrons. The Hall–Kier alpha value is -0.870. The van der Waals surface area contributed by atoms with Gasteiger partial charge in [0.25, 0.3) is 0 Å². The van der Waals surface area contributed by atoms with E-state index in [9.17, 15) is 15.0 Å². The second-order valence-electron chi connectivity index (χ2n) is 4.45. The number of aliphatic hydroxyl groups excluding tert-OH is 2. The van der Waals surface area contributed by atoms with E-state index in [1.807, 2.05) is 12.2 Å². The van der Waals surface area contributed by atoms with E-state index in [1.54, 1.807) is 0 Å². The van der Waals surface area contributed by atoms with Gasteiger partial charge in [0.05, 0.1) is 12.2 Å². The summed E-state index contributed by atoms with van der Waals surface area (Å²) in [6.07, 6.45) is 6.73. The van der Waals surface area contributed by atoms with Gasteiger partial charge >= 0.3 is 5.97 Å². The molecule has 0 unspecified atom stereocenters. The number of rotatable bonds is 6. The van der Waals surface area contributed by atoms with E-state index < -0.39 is 12.1 Å². The smallest absolute Gasteiger partial charge is 0.303 e. The standard InChI is InChI=1S/C12H20O4/c13-10-7-9(11(14)8-10)5-3-1-2-4-6-12(15)16/h1,3,9-11,13-14H,2,4-8H2,(H,15,16)/t9-,10+,11+/m1/s1. The Balaban J connectivity index is 2.10. The lowest BCUT2D eigenvalue weighted by Crippen LogP contribution is -2.11. The number of hydrogen-bond acceptors (Lipinski definition) is 3. The molecule has 0 aliphatic heterocycles. The van der Waals surface area contributed by atoms with E-state index in [-0.39, 0.29) is 18.4 Å². The minimum atomic E-state index is -0.761. The molecule has 3 atom stereocenters. The third-order valence-electron chi connectivity index (χ3n) is 3.00. The van der Waals surface area contributed by atoms with Crippen molar-refractivity contribution >= 4 is 5.97 Å². The van der Waals surface area contributed by atoms with E-state index in [4.69, 9.17) is 5.11 Å². The van der Waals surface area contributed by atoms with Crippen molar-refractivity contribution in [3.05, 3.63) is 12.2 Å². The van der Waals surface area contributed by atoms with Crippen LogP contribution in [-0.4, -0.2) is 33.5 Å². The summed E-state index contributed by atoms with van der Waals surface area (Å²) >= 11 is 0. The number of hydrogen-bond donors (Lipinski definition) is 3. The Morgan fingerprint density at radius 2 is 2.00 bits per heavy atom. The number of unbranched alkanes of at least 4 members (excludes halogenated alkanes) is 1. The normalized spacial score (nSPS) is 30.0. The highest BCUT2D eigenvalue weighted by atomic mass is 16.4. The lowest BCUT2D eigenvalue weighted by molar-refractivity contribution is -0.137. The van der Waals surface area contributed by atoms with Gasteiger partial charge in [-0.3, -0.25) is 4.79 Å². The summed E-state index contributed by atoms with van der Waals surface area (Å²) in [6, 6.07) is 0. The quantitative estimate of drug-likeness (QED) is 0.473. The minimum Gasteiger partial charge on any atom is -0.481 e. The second-order valence-corrected chi connectivity index (χ2v) is 4.45. The Morgan fingerprint density at radius 1 is 1.25 bits per heavy atom. The van der Waals surface area contributed by atoms with Crippen LogP contribution in [0.15, 0.2) is 12.2 Å². The lowest BCUT2D eigenvalue weighted by Gasteiger charge is -2.10. The van der Waals surface area contributed by atoms with Crippen molar-refractivity contribution in [3.8, 4) is 0 Å². The number of carboxylic acid groups (broad SMARTS) is 1. The molecule has 1 rings (SSSR count). The molecule has 0 amide bonds. The van der Waals surface area contributed by atoms with Crippen LogP contribution in [0, 0.1) is 5.92 Å². The molecule has 1 fully saturated rings. The van der Waals surface area contributed by atoms with Gasteiger partial charge < -0.3 is 15.3 Å². The van der Waals surface area contributed by atoms with Crippen LogP contribution in [0.4, 0.5) is 0 Å².